The van der Waals surface area contributed by atoms with Gasteiger partial charge in [0.2, 0.25) is 0 Å². The number of carbonyl (C=O) groups excluding carboxylic acids is 1. The summed E-state index contributed by atoms with van der Waals surface area (Å²) in [5.74, 6) is 0. The van der Waals surface area contributed by atoms with Crippen LogP contribution >= 0.6 is 15.9 Å². The van der Waals surface area contributed by atoms with Crippen LogP contribution in [0.5, 0.6) is 0 Å². The third kappa shape index (κ3) is 1.86. The molecule has 0 bridgehead atoms. The SMILES string of the molecule is CN1C=C(C=CBr)C(N)NC1=O. The molecular weight excluding hydrogens is 222 g/mol. The molecule has 1 aliphatic rings. The van der Waals surface area contributed by atoms with E-state index in [1.807, 2.05) is 0 Å². The molecule has 0 aromatic rings. The van der Waals surface area contributed by atoms with Crippen molar-refractivity contribution in [3.05, 3.63) is 22.8 Å². The van der Waals surface area contributed by atoms with Crippen molar-refractivity contribution >= 4 is 22.0 Å². The summed E-state index contributed by atoms with van der Waals surface area (Å²) >= 11 is 3.14. The molecule has 1 rings (SSSR count). The number of carbonyl (C=O) groups is 1. The van der Waals surface area contributed by atoms with Crippen LogP contribution in [0.3, 0.4) is 0 Å². The van der Waals surface area contributed by atoms with E-state index in [0.717, 1.165) is 5.57 Å². The molecule has 0 aromatic heterocycles. The average molecular weight is 232 g/mol. The number of nitrogens with zero attached hydrogens (tertiary/aromatic N) is 1. The highest BCUT2D eigenvalue weighted by Crippen LogP contribution is 2.08. The lowest BCUT2D eigenvalue weighted by molar-refractivity contribution is 0.216. The van der Waals surface area contributed by atoms with Crippen molar-refractivity contribution in [3.63, 3.8) is 0 Å². The summed E-state index contributed by atoms with van der Waals surface area (Å²) in [6.45, 7) is 0. The summed E-state index contributed by atoms with van der Waals surface area (Å²) in [5.41, 5.74) is 6.47. The number of nitrogens with two attached hydrogens (primary N) is 1. The molecule has 3 N–H and O–H groups in total. The molecule has 0 aromatic carbocycles. The summed E-state index contributed by atoms with van der Waals surface area (Å²) in [5, 5.41) is 2.59. The van der Waals surface area contributed by atoms with Crippen LogP contribution in [0.25, 0.3) is 0 Å². The quantitative estimate of drug-likeness (QED) is 0.699. The number of rotatable bonds is 1. The molecule has 0 spiro atoms. The van der Waals surface area contributed by atoms with Crippen LogP contribution in [0.4, 0.5) is 4.79 Å². The summed E-state index contributed by atoms with van der Waals surface area (Å²) < 4.78 is 0. The van der Waals surface area contributed by atoms with Crippen LogP contribution in [0.2, 0.25) is 0 Å². The summed E-state index contributed by atoms with van der Waals surface area (Å²) in [6.07, 6.45) is 3.07. The molecule has 0 saturated carbocycles. The van der Waals surface area contributed by atoms with Gasteiger partial charge in [-0.25, -0.2) is 4.79 Å². The lowest BCUT2D eigenvalue weighted by atomic mass is 10.2. The number of urea groups is 1. The molecule has 1 heterocycles. The van der Waals surface area contributed by atoms with Gasteiger partial charge >= 0.3 is 6.03 Å². The maximum Gasteiger partial charge on any atom is 0.322 e. The summed E-state index contributed by atoms with van der Waals surface area (Å²) in [6, 6.07) is -0.186. The van der Waals surface area contributed by atoms with Gasteiger partial charge in [-0.2, -0.15) is 0 Å². The molecule has 0 fully saturated rings. The molecule has 1 unspecified atom stereocenters. The Bertz CT molecular complexity index is 249. The number of halogens is 1. The van der Waals surface area contributed by atoms with Gasteiger partial charge in [0.15, 0.2) is 0 Å². The monoisotopic (exact) mass is 231 g/mol. The average Bonchev–Trinajstić information content (AvgIpc) is 2.01. The fraction of sp³-hybridized carbons (Fsp3) is 0.286. The largest absolute Gasteiger partial charge is 0.322 e. The molecule has 2 amide bonds. The molecule has 4 nitrogen and oxygen atoms in total. The van der Waals surface area contributed by atoms with Gasteiger partial charge in [0.1, 0.15) is 6.17 Å². The minimum absolute atomic E-state index is 0.186. The van der Waals surface area contributed by atoms with Gasteiger partial charge in [0, 0.05) is 18.8 Å². The van der Waals surface area contributed by atoms with Crippen LogP contribution in [-0.4, -0.2) is 24.1 Å². The summed E-state index contributed by atoms with van der Waals surface area (Å²) in [4.78, 5) is 14.2. The second kappa shape index (κ2) is 3.73. The van der Waals surface area contributed by atoms with E-state index in [0.29, 0.717) is 0 Å². The Morgan fingerprint density at radius 1 is 1.83 bits per heavy atom. The zero-order valence-electron chi connectivity index (χ0n) is 6.62. The van der Waals surface area contributed by atoms with E-state index in [9.17, 15) is 4.79 Å². The van der Waals surface area contributed by atoms with E-state index in [-0.39, 0.29) is 6.03 Å². The Kier molecular flexibility index (Phi) is 2.88. The normalized spacial score (nSPS) is 24.2. The van der Waals surface area contributed by atoms with Crippen LogP contribution in [-0.2, 0) is 0 Å². The number of amides is 2. The maximum atomic E-state index is 11.0. The predicted molar refractivity (Wildman–Crippen MR) is 50.4 cm³/mol. The van der Waals surface area contributed by atoms with Crippen molar-refractivity contribution in [1.29, 1.82) is 0 Å². The molecule has 5 heteroatoms. The first-order valence-corrected chi connectivity index (χ1v) is 4.34. The van der Waals surface area contributed by atoms with E-state index in [4.69, 9.17) is 5.73 Å². The zero-order valence-corrected chi connectivity index (χ0v) is 8.21. The molecule has 0 saturated heterocycles. The smallest absolute Gasteiger partial charge is 0.318 e. The van der Waals surface area contributed by atoms with Crippen molar-refractivity contribution in [2.45, 2.75) is 6.17 Å². The van der Waals surface area contributed by atoms with Crippen LogP contribution in [0.1, 0.15) is 0 Å². The highest BCUT2D eigenvalue weighted by molar-refractivity contribution is 9.11. The Labute approximate surface area is 79.2 Å². The molecule has 0 aliphatic carbocycles. The van der Waals surface area contributed by atoms with E-state index >= 15 is 0 Å². The lowest BCUT2D eigenvalue weighted by Crippen LogP contribution is -2.50. The molecule has 66 valence electrons. The fourth-order valence-corrected chi connectivity index (χ4v) is 1.21. The van der Waals surface area contributed by atoms with Crippen molar-refractivity contribution in [2.24, 2.45) is 5.73 Å². The van der Waals surface area contributed by atoms with Crippen LogP contribution < -0.4 is 11.1 Å². The number of hydrogen-bond donors (Lipinski definition) is 2. The van der Waals surface area contributed by atoms with Gasteiger partial charge in [-0.1, -0.05) is 15.9 Å². The van der Waals surface area contributed by atoms with Crippen LogP contribution in [0, 0.1) is 0 Å². The highest BCUT2D eigenvalue weighted by Gasteiger charge is 2.19. The Morgan fingerprint density at radius 3 is 3.08 bits per heavy atom. The van der Waals surface area contributed by atoms with Gasteiger partial charge in [-0.15, -0.1) is 0 Å². The lowest BCUT2D eigenvalue weighted by Gasteiger charge is -2.25. The Hall–Kier alpha value is -0.810. The zero-order chi connectivity index (χ0) is 9.14. The van der Waals surface area contributed by atoms with Gasteiger partial charge < -0.3 is 16.0 Å². The second-order valence-electron chi connectivity index (χ2n) is 2.46. The fourth-order valence-electron chi connectivity index (χ4n) is 0.900. The van der Waals surface area contributed by atoms with Gasteiger partial charge in [-0.05, 0) is 11.1 Å². The number of nitrogens with one attached hydrogen (secondary N) is 1. The third-order valence-electron chi connectivity index (χ3n) is 1.56. The Morgan fingerprint density at radius 2 is 2.50 bits per heavy atom. The van der Waals surface area contributed by atoms with Gasteiger partial charge in [0.25, 0.3) is 0 Å². The van der Waals surface area contributed by atoms with Crippen molar-refractivity contribution in [3.8, 4) is 0 Å². The molecule has 1 aliphatic heterocycles. The Balaban J connectivity index is 2.85. The third-order valence-corrected chi connectivity index (χ3v) is 1.82. The molecule has 0 radical (unpaired) electrons. The first kappa shape index (κ1) is 9.28. The number of hydrogen-bond acceptors (Lipinski definition) is 2. The van der Waals surface area contributed by atoms with E-state index in [2.05, 4.69) is 21.2 Å². The predicted octanol–water partition coefficient (Wildman–Crippen LogP) is 0.719. The molecule has 1 atom stereocenters. The van der Waals surface area contributed by atoms with E-state index in [1.165, 1.54) is 4.90 Å². The second-order valence-corrected chi connectivity index (χ2v) is 2.99. The van der Waals surface area contributed by atoms with E-state index in [1.54, 1.807) is 24.3 Å². The standard InChI is InChI=1S/C7H10BrN3O/c1-11-4-5(2-3-8)6(9)10-7(11)12/h2-4,6H,9H2,1H3,(H,10,12). The first-order chi connectivity index (χ1) is 5.65. The van der Waals surface area contributed by atoms with Gasteiger partial charge in [0.05, 0.1) is 0 Å². The van der Waals surface area contributed by atoms with Crippen molar-refractivity contribution in [2.75, 3.05) is 7.05 Å². The molecular formula is C7H10BrN3O. The van der Waals surface area contributed by atoms with Crippen molar-refractivity contribution < 1.29 is 4.79 Å². The highest BCUT2D eigenvalue weighted by atomic mass is 79.9. The topological polar surface area (TPSA) is 58.4 Å². The summed E-state index contributed by atoms with van der Waals surface area (Å²) in [7, 11) is 1.67. The minimum Gasteiger partial charge on any atom is -0.318 e. The van der Waals surface area contributed by atoms with E-state index < -0.39 is 6.17 Å². The first-order valence-electron chi connectivity index (χ1n) is 3.42. The molecule has 12 heavy (non-hydrogen) atoms. The van der Waals surface area contributed by atoms with Gasteiger partial charge in [-0.3, -0.25) is 0 Å². The minimum atomic E-state index is -0.414. The van der Waals surface area contributed by atoms with Crippen molar-refractivity contribution in [1.82, 2.24) is 10.2 Å². The van der Waals surface area contributed by atoms with Crippen LogP contribution in [0.15, 0.2) is 22.8 Å². The maximum absolute atomic E-state index is 11.0.